The molecule has 0 bridgehead atoms. The lowest BCUT2D eigenvalue weighted by molar-refractivity contribution is 0.0758. The van der Waals surface area contributed by atoms with E-state index in [0.717, 1.165) is 36.5 Å². The Bertz CT molecular complexity index is 1250. The Balaban J connectivity index is 1.41. The Labute approximate surface area is 200 Å². The van der Waals surface area contributed by atoms with Crippen LogP contribution in [-0.2, 0) is 10.0 Å². The number of hydrogen-bond acceptors (Lipinski definition) is 5. The first-order chi connectivity index (χ1) is 16.5. The smallest absolute Gasteiger partial charge is 0.257 e. The average Bonchev–Trinajstić information content (AvgIpc) is 3.15. The third-order valence-corrected chi connectivity index (χ3v) is 7.45. The second kappa shape index (κ2) is 10.9. The van der Waals surface area contributed by atoms with Crippen molar-refractivity contribution in [2.24, 2.45) is 0 Å². The second-order valence-electron chi connectivity index (χ2n) is 8.32. The second-order valence-corrected chi connectivity index (χ2v) is 10.1. The number of ether oxygens (including phenoxy) is 2. The van der Waals surface area contributed by atoms with E-state index < -0.39 is 10.0 Å². The highest BCUT2D eigenvalue weighted by Crippen LogP contribution is 2.25. The van der Waals surface area contributed by atoms with Crippen molar-refractivity contribution >= 4 is 26.7 Å². The maximum absolute atomic E-state index is 13.1. The van der Waals surface area contributed by atoms with Gasteiger partial charge in [-0.25, -0.2) is 13.1 Å². The van der Waals surface area contributed by atoms with E-state index in [4.69, 9.17) is 9.47 Å². The van der Waals surface area contributed by atoms with E-state index >= 15 is 0 Å². The van der Waals surface area contributed by atoms with Crippen molar-refractivity contribution in [2.75, 3.05) is 33.4 Å². The number of benzene rings is 3. The average molecular weight is 483 g/mol. The van der Waals surface area contributed by atoms with Crippen molar-refractivity contribution in [3.8, 4) is 11.5 Å². The van der Waals surface area contributed by atoms with E-state index in [1.54, 1.807) is 4.90 Å². The molecule has 34 heavy (non-hydrogen) atoms. The Hall–Kier alpha value is -3.10. The molecule has 1 N–H and O–H groups in total. The molecule has 1 fully saturated rings. The summed E-state index contributed by atoms with van der Waals surface area (Å²) >= 11 is 0. The van der Waals surface area contributed by atoms with Gasteiger partial charge in [-0.2, -0.15) is 0 Å². The number of fused-ring (bicyclic) bond motifs is 1. The maximum atomic E-state index is 13.1. The molecule has 1 aliphatic rings. The van der Waals surface area contributed by atoms with Crippen molar-refractivity contribution in [2.45, 2.75) is 30.6 Å². The summed E-state index contributed by atoms with van der Waals surface area (Å²) in [7, 11) is -2.35. The first-order valence-corrected chi connectivity index (χ1v) is 13.0. The van der Waals surface area contributed by atoms with Crippen molar-refractivity contribution in [3.05, 3.63) is 66.2 Å². The highest BCUT2D eigenvalue weighted by molar-refractivity contribution is 7.89. The monoisotopic (exact) mass is 482 g/mol. The minimum Gasteiger partial charge on any atom is -0.496 e. The number of carbonyl (C=O) groups is 1. The highest BCUT2D eigenvalue weighted by atomic mass is 32.2. The summed E-state index contributed by atoms with van der Waals surface area (Å²) in [6.07, 6.45) is 4.09. The molecule has 1 saturated heterocycles. The molecule has 0 aromatic heterocycles. The van der Waals surface area contributed by atoms with Gasteiger partial charge in [0.15, 0.2) is 0 Å². The molecule has 1 amide bonds. The highest BCUT2D eigenvalue weighted by Gasteiger charge is 2.24. The van der Waals surface area contributed by atoms with Crippen LogP contribution in [0, 0.1) is 0 Å². The molecular formula is C26H30N2O5S. The van der Waals surface area contributed by atoms with E-state index in [0.29, 0.717) is 24.6 Å². The molecule has 3 aromatic carbocycles. The zero-order chi connectivity index (χ0) is 24.0. The molecule has 0 spiro atoms. The van der Waals surface area contributed by atoms with Crippen molar-refractivity contribution in [3.63, 3.8) is 0 Å². The van der Waals surface area contributed by atoms with Crippen molar-refractivity contribution < 1.29 is 22.7 Å². The number of nitrogens with one attached hydrogen (secondary N) is 1. The van der Waals surface area contributed by atoms with Crippen LogP contribution < -0.4 is 14.2 Å². The number of hydrogen-bond donors (Lipinski definition) is 1. The van der Waals surface area contributed by atoms with Crippen LogP contribution >= 0.6 is 0 Å². The Morgan fingerprint density at radius 2 is 1.68 bits per heavy atom. The van der Waals surface area contributed by atoms with Gasteiger partial charge in [0.1, 0.15) is 18.1 Å². The van der Waals surface area contributed by atoms with E-state index in [2.05, 4.69) is 4.72 Å². The van der Waals surface area contributed by atoms with Crippen molar-refractivity contribution in [1.29, 1.82) is 0 Å². The quantitative estimate of drug-likeness (QED) is 0.486. The largest absolute Gasteiger partial charge is 0.496 e. The van der Waals surface area contributed by atoms with Crippen LogP contribution in [0.3, 0.4) is 0 Å². The number of amides is 1. The van der Waals surface area contributed by atoms with E-state index in [-0.39, 0.29) is 29.5 Å². The molecule has 180 valence electrons. The molecular weight excluding hydrogens is 452 g/mol. The molecule has 3 aromatic rings. The minimum absolute atomic E-state index is 0.0252. The standard InChI is InChI=1S/C26H30N2O5S/c1-32-25-13-12-23(19-24(25)26(29)28-15-6-2-3-7-16-28)34(30,31)27-14-17-33-22-11-10-20-8-4-5-9-21(20)18-22/h4-5,8-13,18-19,27H,2-3,6-7,14-17H2,1H3. The van der Waals surface area contributed by atoms with E-state index in [9.17, 15) is 13.2 Å². The number of nitrogens with zero attached hydrogens (tertiary/aromatic N) is 1. The van der Waals surface area contributed by atoms with Crippen LogP contribution in [0.4, 0.5) is 0 Å². The van der Waals surface area contributed by atoms with Crippen LogP contribution in [0.25, 0.3) is 10.8 Å². The van der Waals surface area contributed by atoms with Gasteiger partial charge < -0.3 is 14.4 Å². The SMILES string of the molecule is COc1ccc(S(=O)(=O)NCCOc2ccc3ccccc3c2)cc1C(=O)N1CCCCCC1. The van der Waals surface area contributed by atoms with Crippen molar-refractivity contribution in [1.82, 2.24) is 9.62 Å². The summed E-state index contributed by atoms with van der Waals surface area (Å²) in [6, 6.07) is 18.1. The molecule has 0 radical (unpaired) electrons. The lowest BCUT2D eigenvalue weighted by atomic mass is 10.1. The molecule has 1 heterocycles. The van der Waals surface area contributed by atoms with Crippen LogP contribution in [0.15, 0.2) is 65.6 Å². The summed E-state index contributed by atoms with van der Waals surface area (Å²) in [5, 5.41) is 2.17. The van der Waals surface area contributed by atoms with E-state index in [1.807, 2.05) is 42.5 Å². The van der Waals surface area contributed by atoms with Crippen LogP contribution in [0.5, 0.6) is 11.5 Å². The molecule has 8 heteroatoms. The van der Waals surface area contributed by atoms with Gasteiger partial charge in [0.25, 0.3) is 5.91 Å². The predicted molar refractivity (Wildman–Crippen MR) is 132 cm³/mol. The number of methoxy groups -OCH3 is 1. The summed E-state index contributed by atoms with van der Waals surface area (Å²) in [5.74, 6) is 0.843. The normalized spacial score (nSPS) is 14.6. The van der Waals surface area contributed by atoms with Crippen LogP contribution in [0.1, 0.15) is 36.0 Å². The molecule has 0 aliphatic carbocycles. The molecule has 0 unspecified atom stereocenters. The predicted octanol–water partition coefficient (Wildman–Crippen LogP) is 4.22. The third kappa shape index (κ3) is 5.69. The lowest BCUT2D eigenvalue weighted by Crippen LogP contribution is -2.32. The molecule has 1 aliphatic heterocycles. The van der Waals surface area contributed by atoms with Crippen LogP contribution in [-0.4, -0.2) is 52.6 Å². The number of rotatable bonds is 8. The van der Waals surface area contributed by atoms with E-state index in [1.165, 1.54) is 25.3 Å². The van der Waals surface area contributed by atoms with Gasteiger partial charge in [-0.1, -0.05) is 43.2 Å². The third-order valence-electron chi connectivity index (χ3n) is 5.99. The van der Waals surface area contributed by atoms with Crippen LogP contribution in [0.2, 0.25) is 0 Å². The Morgan fingerprint density at radius 1 is 0.941 bits per heavy atom. The molecule has 0 atom stereocenters. The zero-order valence-electron chi connectivity index (χ0n) is 19.3. The summed E-state index contributed by atoms with van der Waals surface area (Å²) in [4.78, 5) is 14.9. The van der Waals surface area contributed by atoms with Gasteiger partial charge in [0.2, 0.25) is 10.0 Å². The van der Waals surface area contributed by atoms with Gasteiger partial charge in [0.05, 0.1) is 17.6 Å². The fraction of sp³-hybridized carbons (Fsp3) is 0.346. The Kier molecular flexibility index (Phi) is 7.70. The Morgan fingerprint density at radius 3 is 2.41 bits per heavy atom. The minimum atomic E-state index is -3.82. The number of likely N-dealkylation sites (tertiary alicyclic amines) is 1. The summed E-state index contributed by atoms with van der Waals surface area (Å²) in [6.45, 7) is 1.61. The van der Waals surface area contributed by atoms with Gasteiger partial charge in [-0.3, -0.25) is 4.79 Å². The zero-order valence-corrected chi connectivity index (χ0v) is 20.1. The summed E-state index contributed by atoms with van der Waals surface area (Å²) < 4.78 is 39.4. The first kappa shape index (κ1) is 24.0. The summed E-state index contributed by atoms with van der Waals surface area (Å²) in [5.41, 5.74) is 0.264. The number of carbonyl (C=O) groups excluding carboxylic acids is 1. The van der Waals surface area contributed by atoms with Gasteiger partial charge in [-0.15, -0.1) is 0 Å². The fourth-order valence-corrected chi connectivity index (χ4v) is 5.19. The van der Waals surface area contributed by atoms with Gasteiger partial charge in [0, 0.05) is 19.6 Å². The molecule has 0 saturated carbocycles. The van der Waals surface area contributed by atoms with Gasteiger partial charge in [-0.05, 0) is 53.9 Å². The topological polar surface area (TPSA) is 84.9 Å². The molecule has 7 nitrogen and oxygen atoms in total. The molecule has 4 rings (SSSR count). The first-order valence-electron chi connectivity index (χ1n) is 11.6. The lowest BCUT2D eigenvalue weighted by Gasteiger charge is -2.22. The maximum Gasteiger partial charge on any atom is 0.257 e. The van der Waals surface area contributed by atoms with Gasteiger partial charge >= 0.3 is 0 Å². The fourth-order valence-electron chi connectivity index (χ4n) is 4.15. The number of sulfonamides is 1.